The summed E-state index contributed by atoms with van der Waals surface area (Å²) in [6.45, 7) is 1.66. The summed E-state index contributed by atoms with van der Waals surface area (Å²) >= 11 is 0. The van der Waals surface area contributed by atoms with Crippen LogP contribution in [0, 0.1) is 11.8 Å². The minimum Gasteiger partial charge on any atom is -0.460 e. The molecule has 2 aliphatic carbocycles. The molecule has 3 rings (SSSR count). The molecule has 118 valence electrons. The Kier molecular flexibility index (Phi) is 4.32. The van der Waals surface area contributed by atoms with Crippen LogP contribution in [0.5, 0.6) is 0 Å². The lowest BCUT2D eigenvalue weighted by Crippen LogP contribution is -2.48. The van der Waals surface area contributed by atoms with Gasteiger partial charge in [-0.1, -0.05) is 30.3 Å². The second-order valence-electron chi connectivity index (χ2n) is 6.14. The molecule has 0 heterocycles. The van der Waals surface area contributed by atoms with Gasteiger partial charge in [0.25, 0.3) is 0 Å². The number of hydrogen-bond acceptors (Lipinski definition) is 4. The quantitative estimate of drug-likeness (QED) is 0.869. The summed E-state index contributed by atoms with van der Waals surface area (Å²) in [7, 11) is 0. The predicted molar refractivity (Wildman–Crippen MR) is 79.9 cm³/mol. The average molecular weight is 303 g/mol. The number of carbonyl (C=O) groups excluding carboxylic acids is 2. The van der Waals surface area contributed by atoms with E-state index in [2.05, 4.69) is 5.32 Å². The maximum absolute atomic E-state index is 12.0. The Morgan fingerprint density at radius 2 is 1.91 bits per heavy atom. The Labute approximate surface area is 130 Å². The number of nitrogens with one attached hydrogen (secondary N) is 1. The Balaban J connectivity index is 1.54. The molecule has 2 saturated carbocycles. The van der Waals surface area contributed by atoms with Crippen molar-refractivity contribution >= 4 is 12.1 Å². The monoisotopic (exact) mass is 303 g/mol. The highest BCUT2D eigenvalue weighted by Gasteiger charge is 2.50. The molecule has 2 bridgehead atoms. The highest BCUT2D eigenvalue weighted by molar-refractivity contribution is 5.69. The van der Waals surface area contributed by atoms with Crippen molar-refractivity contribution in [2.24, 2.45) is 11.8 Å². The lowest BCUT2D eigenvalue weighted by atomic mass is 9.92. The van der Waals surface area contributed by atoms with Gasteiger partial charge in [-0.2, -0.15) is 0 Å². The van der Waals surface area contributed by atoms with E-state index in [0.29, 0.717) is 11.8 Å². The zero-order valence-electron chi connectivity index (χ0n) is 12.7. The average Bonchev–Trinajstić information content (AvgIpc) is 3.09. The number of fused-ring (bicyclic) bond motifs is 2. The molecule has 1 amide bonds. The fourth-order valence-electron chi connectivity index (χ4n) is 3.70. The van der Waals surface area contributed by atoms with Crippen LogP contribution < -0.4 is 5.32 Å². The zero-order valence-corrected chi connectivity index (χ0v) is 12.7. The van der Waals surface area contributed by atoms with Crippen LogP contribution in [0.3, 0.4) is 0 Å². The second-order valence-corrected chi connectivity index (χ2v) is 6.14. The highest BCUT2D eigenvalue weighted by Crippen LogP contribution is 2.46. The van der Waals surface area contributed by atoms with Crippen LogP contribution in [0.25, 0.3) is 0 Å². The van der Waals surface area contributed by atoms with E-state index >= 15 is 0 Å². The first kappa shape index (κ1) is 14.9. The van der Waals surface area contributed by atoms with Gasteiger partial charge in [-0.05, 0) is 36.7 Å². The molecule has 2 aliphatic rings. The molecule has 4 unspecified atom stereocenters. The van der Waals surface area contributed by atoms with Gasteiger partial charge < -0.3 is 14.8 Å². The number of esters is 1. The van der Waals surface area contributed by atoms with E-state index in [9.17, 15) is 9.59 Å². The summed E-state index contributed by atoms with van der Waals surface area (Å²) in [6.07, 6.45) is 2.51. The van der Waals surface area contributed by atoms with Crippen LogP contribution in [-0.2, 0) is 20.9 Å². The molecule has 1 aromatic carbocycles. The molecule has 0 saturated heterocycles. The first-order valence-electron chi connectivity index (χ1n) is 7.78. The van der Waals surface area contributed by atoms with Gasteiger partial charge in [0.05, 0.1) is 6.04 Å². The fraction of sp³-hybridized carbons (Fsp3) is 0.529. The number of alkyl carbamates (subject to hydrolysis) is 1. The van der Waals surface area contributed by atoms with Crippen molar-refractivity contribution < 1.29 is 19.1 Å². The number of hydrogen-bond donors (Lipinski definition) is 1. The smallest absolute Gasteiger partial charge is 0.407 e. The van der Waals surface area contributed by atoms with E-state index in [-0.39, 0.29) is 24.7 Å². The number of benzene rings is 1. The van der Waals surface area contributed by atoms with Crippen LogP contribution in [0.15, 0.2) is 30.3 Å². The third-order valence-corrected chi connectivity index (χ3v) is 4.64. The van der Waals surface area contributed by atoms with Crippen LogP contribution in [0.4, 0.5) is 4.79 Å². The van der Waals surface area contributed by atoms with E-state index in [1.807, 2.05) is 30.3 Å². The van der Waals surface area contributed by atoms with E-state index in [1.54, 1.807) is 0 Å². The molecule has 4 atom stereocenters. The van der Waals surface area contributed by atoms with Gasteiger partial charge in [-0.3, -0.25) is 4.79 Å². The molecule has 5 nitrogen and oxygen atoms in total. The van der Waals surface area contributed by atoms with Gasteiger partial charge in [-0.15, -0.1) is 0 Å². The molecule has 0 spiro atoms. The van der Waals surface area contributed by atoms with E-state index < -0.39 is 6.09 Å². The lowest BCUT2D eigenvalue weighted by Gasteiger charge is -2.30. The maximum atomic E-state index is 12.0. The summed E-state index contributed by atoms with van der Waals surface area (Å²) in [5.41, 5.74) is 0.946. The Hall–Kier alpha value is -2.04. The summed E-state index contributed by atoms with van der Waals surface area (Å²) in [6, 6.07) is 9.43. The number of amides is 1. The minimum atomic E-state index is -0.446. The van der Waals surface area contributed by atoms with E-state index in [4.69, 9.17) is 9.47 Å². The summed E-state index contributed by atoms with van der Waals surface area (Å²) in [4.78, 5) is 23.3. The standard InChI is InChI=1S/C17H21NO4/c1-11(19)22-16-14-8-7-13(9-14)15(16)18-17(20)21-10-12-5-3-2-4-6-12/h2-6,13-16H,7-10H2,1H3,(H,18,20). The number of ether oxygens (including phenoxy) is 2. The fourth-order valence-corrected chi connectivity index (χ4v) is 3.70. The molecule has 0 aromatic heterocycles. The van der Waals surface area contributed by atoms with Crippen molar-refractivity contribution in [3.05, 3.63) is 35.9 Å². The Morgan fingerprint density at radius 3 is 2.64 bits per heavy atom. The van der Waals surface area contributed by atoms with Crippen molar-refractivity contribution in [1.82, 2.24) is 5.32 Å². The first-order chi connectivity index (χ1) is 10.6. The zero-order chi connectivity index (χ0) is 15.5. The first-order valence-corrected chi connectivity index (χ1v) is 7.78. The lowest BCUT2D eigenvalue weighted by molar-refractivity contribution is -0.150. The second kappa shape index (κ2) is 6.38. The third-order valence-electron chi connectivity index (χ3n) is 4.64. The van der Waals surface area contributed by atoms with Gasteiger partial charge in [0.2, 0.25) is 0 Å². The number of carbonyl (C=O) groups is 2. The number of rotatable bonds is 4. The summed E-state index contributed by atoms with van der Waals surface area (Å²) in [5, 5.41) is 2.90. The van der Waals surface area contributed by atoms with E-state index in [1.165, 1.54) is 6.92 Å². The van der Waals surface area contributed by atoms with Crippen LogP contribution in [0.2, 0.25) is 0 Å². The summed E-state index contributed by atoms with van der Waals surface area (Å²) in [5.74, 6) is 0.467. The van der Waals surface area contributed by atoms with Gasteiger partial charge in [0.15, 0.2) is 0 Å². The van der Waals surface area contributed by atoms with Crippen molar-refractivity contribution in [2.75, 3.05) is 0 Å². The largest absolute Gasteiger partial charge is 0.460 e. The highest BCUT2D eigenvalue weighted by atomic mass is 16.6. The molecular weight excluding hydrogens is 282 g/mol. The molecule has 22 heavy (non-hydrogen) atoms. The van der Waals surface area contributed by atoms with Crippen molar-refractivity contribution in [3.63, 3.8) is 0 Å². The van der Waals surface area contributed by atoms with Gasteiger partial charge in [0.1, 0.15) is 12.7 Å². The molecule has 2 fully saturated rings. The molecular formula is C17H21NO4. The van der Waals surface area contributed by atoms with Crippen molar-refractivity contribution in [3.8, 4) is 0 Å². The van der Waals surface area contributed by atoms with Crippen LogP contribution >= 0.6 is 0 Å². The minimum absolute atomic E-state index is 0.120. The van der Waals surface area contributed by atoms with Crippen LogP contribution in [-0.4, -0.2) is 24.2 Å². The molecule has 1 N–H and O–H groups in total. The maximum Gasteiger partial charge on any atom is 0.407 e. The molecule has 1 aromatic rings. The van der Waals surface area contributed by atoms with Gasteiger partial charge in [-0.25, -0.2) is 4.79 Å². The van der Waals surface area contributed by atoms with Gasteiger partial charge >= 0.3 is 12.1 Å². The SMILES string of the molecule is CC(=O)OC1C2CCC(C2)C1NC(=O)OCc1ccccc1. The third kappa shape index (κ3) is 3.24. The Bertz CT molecular complexity index is 545. The predicted octanol–water partition coefficient (Wildman–Crippen LogP) is 2.64. The molecule has 0 radical (unpaired) electrons. The van der Waals surface area contributed by atoms with Crippen molar-refractivity contribution in [1.29, 1.82) is 0 Å². The van der Waals surface area contributed by atoms with Gasteiger partial charge in [0, 0.05) is 6.92 Å². The topological polar surface area (TPSA) is 64.6 Å². The van der Waals surface area contributed by atoms with Crippen molar-refractivity contribution in [2.45, 2.75) is 44.9 Å². The normalized spacial score (nSPS) is 29.1. The molecule has 5 heteroatoms. The van der Waals surface area contributed by atoms with E-state index in [0.717, 1.165) is 24.8 Å². The van der Waals surface area contributed by atoms with Crippen LogP contribution in [0.1, 0.15) is 31.7 Å². The molecule has 0 aliphatic heterocycles. The summed E-state index contributed by atoms with van der Waals surface area (Å²) < 4.78 is 10.7. The Morgan fingerprint density at radius 1 is 1.18 bits per heavy atom.